The van der Waals surface area contributed by atoms with Gasteiger partial charge < -0.3 is 15.5 Å². The van der Waals surface area contributed by atoms with E-state index in [0.717, 1.165) is 18.4 Å². The normalized spacial score (nSPS) is 26.7. The van der Waals surface area contributed by atoms with Gasteiger partial charge in [-0.05, 0) is 18.4 Å². The Kier molecular flexibility index (Phi) is 3.97. The van der Waals surface area contributed by atoms with Gasteiger partial charge in [0.2, 0.25) is 0 Å². The van der Waals surface area contributed by atoms with Crippen LogP contribution in [0.2, 0.25) is 0 Å². The van der Waals surface area contributed by atoms with E-state index in [4.69, 9.17) is 10.2 Å². The maximum atomic E-state index is 9.38. The van der Waals surface area contributed by atoms with Crippen LogP contribution in [-0.2, 0) is 5.41 Å². The standard InChI is InChI=1S/C14H18N2O2/c15-10-14(11-4-2-1-3-5-11)6-12(7-14)16-13(8-17)9-18/h1-5,12-13,16-18H,6-9H2. The summed E-state index contributed by atoms with van der Waals surface area (Å²) in [5.41, 5.74) is 0.643. The highest BCUT2D eigenvalue weighted by molar-refractivity contribution is 5.36. The number of aliphatic hydroxyl groups is 2. The van der Waals surface area contributed by atoms with Crippen LogP contribution >= 0.6 is 0 Å². The van der Waals surface area contributed by atoms with Crippen molar-refractivity contribution < 1.29 is 10.2 Å². The summed E-state index contributed by atoms with van der Waals surface area (Å²) in [6.07, 6.45) is 1.45. The summed E-state index contributed by atoms with van der Waals surface area (Å²) in [6.45, 7) is -0.171. The Balaban J connectivity index is 1.99. The first-order valence-electron chi connectivity index (χ1n) is 6.18. The van der Waals surface area contributed by atoms with Crippen molar-refractivity contribution in [1.29, 1.82) is 5.26 Å². The molecule has 4 heteroatoms. The Hall–Kier alpha value is -1.41. The van der Waals surface area contributed by atoms with E-state index in [2.05, 4.69) is 11.4 Å². The quantitative estimate of drug-likeness (QED) is 0.709. The molecular formula is C14H18N2O2. The van der Waals surface area contributed by atoms with Crippen LogP contribution in [0.25, 0.3) is 0 Å². The smallest absolute Gasteiger partial charge is 0.0852 e. The average Bonchev–Trinajstić information content (AvgIpc) is 2.39. The number of benzene rings is 1. The zero-order chi connectivity index (χ0) is 13.0. The maximum absolute atomic E-state index is 9.38. The largest absolute Gasteiger partial charge is 0.395 e. The minimum atomic E-state index is -0.408. The number of nitriles is 1. The van der Waals surface area contributed by atoms with Crippen molar-refractivity contribution in [2.45, 2.75) is 30.3 Å². The van der Waals surface area contributed by atoms with Crippen LogP contribution in [0.4, 0.5) is 0 Å². The molecule has 0 aliphatic heterocycles. The van der Waals surface area contributed by atoms with Gasteiger partial charge in [-0.3, -0.25) is 0 Å². The Morgan fingerprint density at radius 2 is 1.89 bits per heavy atom. The molecule has 0 radical (unpaired) electrons. The van der Waals surface area contributed by atoms with Gasteiger partial charge >= 0.3 is 0 Å². The Labute approximate surface area is 107 Å². The third-order valence-electron chi connectivity index (χ3n) is 3.64. The summed E-state index contributed by atoms with van der Waals surface area (Å²) in [5, 5.41) is 30.6. The lowest BCUT2D eigenvalue weighted by molar-refractivity contribution is 0.129. The Morgan fingerprint density at radius 1 is 1.28 bits per heavy atom. The van der Waals surface area contributed by atoms with Gasteiger partial charge in [-0.25, -0.2) is 0 Å². The molecule has 0 bridgehead atoms. The molecule has 0 saturated heterocycles. The van der Waals surface area contributed by atoms with Crippen LogP contribution in [0.15, 0.2) is 30.3 Å². The zero-order valence-electron chi connectivity index (χ0n) is 10.2. The molecule has 1 fully saturated rings. The fourth-order valence-corrected chi connectivity index (χ4v) is 2.54. The summed E-state index contributed by atoms with van der Waals surface area (Å²) >= 11 is 0. The van der Waals surface area contributed by atoms with E-state index in [-0.39, 0.29) is 25.3 Å². The lowest BCUT2D eigenvalue weighted by Gasteiger charge is -2.44. The van der Waals surface area contributed by atoms with Crippen LogP contribution < -0.4 is 5.32 Å². The number of aliphatic hydroxyl groups excluding tert-OH is 2. The van der Waals surface area contributed by atoms with E-state index in [1.165, 1.54) is 0 Å². The van der Waals surface area contributed by atoms with Crippen molar-refractivity contribution in [2.24, 2.45) is 0 Å². The number of hydrogen-bond donors (Lipinski definition) is 3. The molecule has 0 aromatic heterocycles. The van der Waals surface area contributed by atoms with E-state index in [1.807, 2.05) is 30.3 Å². The number of hydrogen-bond acceptors (Lipinski definition) is 4. The summed E-state index contributed by atoms with van der Waals surface area (Å²) in [6, 6.07) is 12.1. The van der Waals surface area contributed by atoms with Gasteiger partial charge in [-0.2, -0.15) is 5.26 Å². The second kappa shape index (κ2) is 5.49. The number of rotatable bonds is 5. The predicted octanol–water partition coefficient (Wildman–Crippen LogP) is 0.553. The van der Waals surface area contributed by atoms with Gasteiger partial charge in [0.1, 0.15) is 0 Å². The second-order valence-corrected chi connectivity index (χ2v) is 4.89. The van der Waals surface area contributed by atoms with Crippen LogP contribution in [-0.4, -0.2) is 35.5 Å². The molecule has 0 unspecified atom stereocenters. The highest BCUT2D eigenvalue weighted by Gasteiger charge is 2.46. The second-order valence-electron chi connectivity index (χ2n) is 4.89. The van der Waals surface area contributed by atoms with Crippen molar-refractivity contribution in [2.75, 3.05) is 13.2 Å². The Bertz CT molecular complexity index is 417. The van der Waals surface area contributed by atoms with Crippen molar-refractivity contribution >= 4 is 0 Å². The molecule has 2 rings (SSSR count). The molecule has 4 nitrogen and oxygen atoms in total. The van der Waals surface area contributed by atoms with Crippen molar-refractivity contribution in [1.82, 2.24) is 5.32 Å². The van der Waals surface area contributed by atoms with Gasteiger partial charge in [0, 0.05) is 6.04 Å². The molecule has 1 aromatic rings. The van der Waals surface area contributed by atoms with Crippen molar-refractivity contribution in [3.63, 3.8) is 0 Å². The van der Waals surface area contributed by atoms with Crippen LogP contribution in [0.1, 0.15) is 18.4 Å². The van der Waals surface area contributed by atoms with E-state index in [1.54, 1.807) is 0 Å². The lowest BCUT2D eigenvalue weighted by atomic mass is 9.62. The summed E-state index contributed by atoms with van der Waals surface area (Å²) in [7, 11) is 0. The molecule has 0 heterocycles. The topological polar surface area (TPSA) is 76.3 Å². The summed E-state index contributed by atoms with van der Waals surface area (Å²) in [4.78, 5) is 0. The highest BCUT2D eigenvalue weighted by Crippen LogP contribution is 2.43. The molecule has 0 atom stereocenters. The molecule has 18 heavy (non-hydrogen) atoms. The monoisotopic (exact) mass is 246 g/mol. The van der Waals surface area contributed by atoms with E-state index >= 15 is 0 Å². The zero-order valence-corrected chi connectivity index (χ0v) is 10.2. The molecule has 1 aliphatic carbocycles. The molecule has 1 saturated carbocycles. The first-order chi connectivity index (χ1) is 8.74. The van der Waals surface area contributed by atoms with E-state index in [0.29, 0.717) is 0 Å². The summed E-state index contributed by atoms with van der Waals surface area (Å²) < 4.78 is 0. The number of nitrogens with one attached hydrogen (secondary N) is 1. The maximum Gasteiger partial charge on any atom is 0.0852 e. The lowest BCUT2D eigenvalue weighted by Crippen LogP contribution is -2.55. The van der Waals surface area contributed by atoms with Gasteiger partial charge in [-0.1, -0.05) is 30.3 Å². The van der Waals surface area contributed by atoms with Gasteiger partial charge in [0.15, 0.2) is 0 Å². The SMILES string of the molecule is N#CC1(c2ccccc2)CC(NC(CO)CO)C1. The fraction of sp³-hybridized carbons (Fsp3) is 0.500. The van der Waals surface area contributed by atoms with E-state index < -0.39 is 5.41 Å². The van der Waals surface area contributed by atoms with Crippen LogP contribution in [0.3, 0.4) is 0 Å². The molecule has 96 valence electrons. The molecule has 1 aromatic carbocycles. The first kappa shape index (κ1) is 13.0. The molecular weight excluding hydrogens is 228 g/mol. The molecule has 3 N–H and O–H groups in total. The first-order valence-corrected chi connectivity index (χ1v) is 6.18. The summed E-state index contributed by atoms with van der Waals surface area (Å²) in [5.74, 6) is 0. The molecule has 0 spiro atoms. The predicted molar refractivity (Wildman–Crippen MR) is 67.9 cm³/mol. The fourth-order valence-electron chi connectivity index (χ4n) is 2.54. The third-order valence-corrected chi connectivity index (χ3v) is 3.64. The minimum absolute atomic E-state index is 0.0854. The van der Waals surface area contributed by atoms with Crippen molar-refractivity contribution in [3.8, 4) is 6.07 Å². The third kappa shape index (κ3) is 2.39. The van der Waals surface area contributed by atoms with Gasteiger partial charge in [-0.15, -0.1) is 0 Å². The number of nitrogens with zero attached hydrogens (tertiary/aromatic N) is 1. The minimum Gasteiger partial charge on any atom is -0.395 e. The molecule has 1 aliphatic rings. The average molecular weight is 246 g/mol. The van der Waals surface area contributed by atoms with Crippen LogP contribution in [0, 0.1) is 11.3 Å². The van der Waals surface area contributed by atoms with E-state index in [9.17, 15) is 5.26 Å². The molecule has 0 amide bonds. The van der Waals surface area contributed by atoms with Crippen molar-refractivity contribution in [3.05, 3.63) is 35.9 Å². The van der Waals surface area contributed by atoms with Crippen LogP contribution in [0.5, 0.6) is 0 Å². The van der Waals surface area contributed by atoms with Gasteiger partial charge in [0.25, 0.3) is 0 Å². The van der Waals surface area contributed by atoms with Gasteiger partial charge in [0.05, 0.1) is 30.7 Å². The Morgan fingerprint density at radius 3 is 2.39 bits per heavy atom. The highest BCUT2D eigenvalue weighted by atomic mass is 16.3.